The Morgan fingerprint density at radius 1 is 1.32 bits per heavy atom. The third-order valence-corrected chi connectivity index (χ3v) is 5.83. The fraction of sp³-hybridized carbons (Fsp3) is 0.500. The molecule has 1 N–H and O–H groups in total. The van der Waals surface area contributed by atoms with Crippen molar-refractivity contribution in [1.29, 1.82) is 0 Å². The number of aliphatic carboxylic acids is 1. The molecule has 7 heteroatoms. The number of rotatable bonds is 3. The van der Waals surface area contributed by atoms with Gasteiger partial charge in [-0.05, 0) is 30.5 Å². The molecule has 1 spiro atoms. The summed E-state index contributed by atoms with van der Waals surface area (Å²) in [5.74, 6) is -1.77. The number of halogens is 1. The lowest BCUT2D eigenvalue weighted by molar-refractivity contribution is -0.146. The zero-order valence-corrected chi connectivity index (χ0v) is 14.8. The van der Waals surface area contributed by atoms with Crippen molar-refractivity contribution in [1.82, 2.24) is 9.80 Å². The molecule has 2 saturated heterocycles. The highest BCUT2D eigenvalue weighted by molar-refractivity contribution is 6.30. The van der Waals surface area contributed by atoms with Gasteiger partial charge in [-0.3, -0.25) is 14.4 Å². The summed E-state index contributed by atoms with van der Waals surface area (Å²) in [4.78, 5) is 39.5. The van der Waals surface area contributed by atoms with Crippen LogP contribution in [0.1, 0.15) is 24.8 Å². The molecule has 1 aromatic carbocycles. The van der Waals surface area contributed by atoms with Gasteiger partial charge < -0.3 is 14.9 Å². The lowest BCUT2D eigenvalue weighted by atomic mass is 9.77. The zero-order valence-electron chi connectivity index (χ0n) is 14.1. The maximum absolute atomic E-state index is 12.5. The monoisotopic (exact) mass is 364 g/mol. The van der Waals surface area contributed by atoms with E-state index >= 15 is 0 Å². The molecule has 134 valence electrons. The summed E-state index contributed by atoms with van der Waals surface area (Å²) in [6, 6.07) is 7.21. The maximum Gasteiger partial charge on any atom is 0.309 e. The Morgan fingerprint density at radius 3 is 2.60 bits per heavy atom. The van der Waals surface area contributed by atoms with E-state index in [9.17, 15) is 19.5 Å². The lowest BCUT2D eigenvalue weighted by Gasteiger charge is -2.45. The fourth-order valence-corrected chi connectivity index (χ4v) is 4.27. The average Bonchev–Trinajstić information content (AvgIpc) is 2.81. The van der Waals surface area contributed by atoms with E-state index in [0.29, 0.717) is 31.0 Å². The van der Waals surface area contributed by atoms with Gasteiger partial charge in [-0.25, -0.2) is 0 Å². The summed E-state index contributed by atoms with van der Waals surface area (Å²) in [5.41, 5.74) is 0.185. The predicted molar refractivity (Wildman–Crippen MR) is 92.2 cm³/mol. The number of nitrogens with zero attached hydrogens (tertiary/aromatic N) is 2. The van der Waals surface area contributed by atoms with Crippen LogP contribution in [0.2, 0.25) is 5.02 Å². The van der Waals surface area contributed by atoms with Gasteiger partial charge in [0.2, 0.25) is 11.8 Å². The first-order valence-corrected chi connectivity index (χ1v) is 8.73. The summed E-state index contributed by atoms with van der Waals surface area (Å²) >= 11 is 5.95. The van der Waals surface area contributed by atoms with Gasteiger partial charge in [0.25, 0.3) is 0 Å². The minimum Gasteiger partial charge on any atom is -0.481 e. The molecule has 2 aliphatic rings. The van der Waals surface area contributed by atoms with Crippen molar-refractivity contribution in [3.05, 3.63) is 34.9 Å². The van der Waals surface area contributed by atoms with E-state index in [2.05, 4.69) is 0 Å². The highest BCUT2D eigenvalue weighted by Crippen LogP contribution is 2.42. The number of carbonyl (C=O) groups excluding carboxylic acids is 2. The second-order valence-electron chi connectivity index (χ2n) is 6.84. The molecule has 1 unspecified atom stereocenters. The molecule has 0 aliphatic carbocycles. The van der Waals surface area contributed by atoms with Crippen LogP contribution in [-0.4, -0.2) is 58.4 Å². The van der Waals surface area contributed by atoms with Crippen LogP contribution in [0.5, 0.6) is 0 Å². The van der Waals surface area contributed by atoms with E-state index in [1.54, 1.807) is 29.0 Å². The smallest absolute Gasteiger partial charge is 0.309 e. The molecule has 2 fully saturated rings. The standard InChI is InChI=1S/C18H21ClN2O4/c1-20-15(22)11-14(17(24)25)18(20)5-7-21(8-6-18)16(23)10-12-3-2-4-13(19)9-12/h2-4,9,14H,5-8,10-11H2,1H3,(H,24,25). The Bertz CT molecular complexity index is 713. The number of piperidine rings is 1. The highest BCUT2D eigenvalue weighted by atomic mass is 35.5. The number of benzene rings is 1. The van der Waals surface area contributed by atoms with Crippen LogP contribution in [0.4, 0.5) is 0 Å². The lowest BCUT2D eigenvalue weighted by Crippen LogP contribution is -2.57. The van der Waals surface area contributed by atoms with Crippen molar-refractivity contribution in [2.75, 3.05) is 20.1 Å². The Kier molecular flexibility index (Phi) is 4.73. The minimum atomic E-state index is -0.934. The number of hydrogen-bond acceptors (Lipinski definition) is 3. The second kappa shape index (κ2) is 6.67. The number of carbonyl (C=O) groups is 3. The first-order valence-electron chi connectivity index (χ1n) is 8.35. The number of likely N-dealkylation sites (tertiary alicyclic amines) is 2. The Morgan fingerprint density at radius 2 is 2.00 bits per heavy atom. The van der Waals surface area contributed by atoms with Crippen LogP contribution in [0.15, 0.2) is 24.3 Å². The SMILES string of the molecule is CN1C(=O)CC(C(=O)O)C12CCN(C(=O)Cc1cccc(Cl)c1)CC2. The summed E-state index contributed by atoms with van der Waals surface area (Å²) in [6.07, 6.45) is 1.30. The van der Waals surface area contributed by atoms with Gasteiger partial charge in [0, 0.05) is 31.6 Å². The van der Waals surface area contributed by atoms with E-state index in [1.807, 2.05) is 12.1 Å². The summed E-state index contributed by atoms with van der Waals surface area (Å²) < 4.78 is 0. The van der Waals surface area contributed by atoms with E-state index in [0.717, 1.165) is 5.56 Å². The van der Waals surface area contributed by atoms with Crippen molar-refractivity contribution in [2.45, 2.75) is 31.2 Å². The first-order chi connectivity index (χ1) is 11.8. The zero-order chi connectivity index (χ0) is 18.2. The topological polar surface area (TPSA) is 77.9 Å². The van der Waals surface area contributed by atoms with Crippen molar-refractivity contribution in [3.8, 4) is 0 Å². The molecule has 25 heavy (non-hydrogen) atoms. The normalized spacial score (nSPS) is 22.5. The predicted octanol–water partition coefficient (Wildman–Crippen LogP) is 1.81. The molecule has 6 nitrogen and oxygen atoms in total. The van der Waals surface area contributed by atoms with Crippen LogP contribution in [0.3, 0.4) is 0 Å². The Hall–Kier alpha value is -2.08. The van der Waals surface area contributed by atoms with Crippen molar-refractivity contribution < 1.29 is 19.5 Å². The van der Waals surface area contributed by atoms with E-state index in [4.69, 9.17) is 11.6 Å². The number of carboxylic acids is 1. The first kappa shape index (κ1) is 17.7. The molecule has 2 heterocycles. The van der Waals surface area contributed by atoms with Gasteiger partial charge in [-0.1, -0.05) is 23.7 Å². The molecule has 0 radical (unpaired) electrons. The van der Waals surface area contributed by atoms with Gasteiger partial charge in [-0.15, -0.1) is 0 Å². The number of carboxylic acid groups (broad SMARTS) is 1. The van der Waals surface area contributed by atoms with Crippen LogP contribution < -0.4 is 0 Å². The number of amides is 2. The number of hydrogen-bond donors (Lipinski definition) is 1. The molecular weight excluding hydrogens is 344 g/mol. The average molecular weight is 365 g/mol. The molecule has 3 rings (SSSR count). The quantitative estimate of drug-likeness (QED) is 0.887. The van der Waals surface area contributed by atoms with Crippen LogP contribution in [0.25, 0.3) is 0 Å². The largest absolute Gasteiger partial charge is 0.481 e. The van der Waals surface area contributed by atoms with Crippen LogP contribution in [0, 0.1) is 5.92 Å². The highest BCUT2D eigenvalue weighted by Gasteiger charge is 2.55. The van der Waals surface area contributed by atoms with E-state index in [1.165, 1.54) is 0 Å². The van der Waals surface area contributed by atoms with Gasteiger partial charge in [0.15, 0.2) is 0 Å². The molecule has 0 saturated carbocycles. The van der Waals surface area contributed by atoms with Gasteiger partial charge in [-0.2, -0.15) is 0 Å². The van der Waals surface area contributed by atoms with Crippen molar-refractivity contribution in [2.24, 2.45) is 5.92 Å². The summed E-state index contributed by atoms with van der Waals surface area (Å²) in [7, 11) is 1.68. The molecule has 0 aromatic heterocycles. The van der Waals surface area contributed by atoms with Crippen molar-refractivity contribution in [3.63, 3.8) is 0 Å². The van der Waals surface area contributed by atoms with Gasteiger partial charge >= 0.3 is 5.97 Å². The summed E-state index contributed by atoms with van der Waals surface area (Å²) in [6.45, 7) is 0.918. The van der Waals surface area contributed by atoms with Gasteiger partial charge in [0.05, 0.1) is 17.9 Å². The Balaban J connectivity index is 1.67. The van der Waals surface area contributed by atoms with Crippen LogP contribution in [-0.2, 0) is 20.8 Å². The molecule has 2 aliphatic heterocycles. The molecule has 0 bridgehead atoms. The van der Waals surface area contributed by atoms with Crippen LogP contribution >= 0.6 is 11.6 Å². The minimum absolute atomic E-state index is 0.00373. The molecular formula is C18H21ClN2O4. The third-order valence-electron chi connectivity index (χ3n) is 5.59. The molecule has 1 atom stereocenters. The van der Waals surface area contributed by atoms with Gasteiger partial charge in [0.1, 0.15) is 0 Å². The third kappa shape index (κ3) is 3.23. The Labute approximate surface area is 151 Å². The van der Waals surface area contributed by atoms with E-state index in [-0.39, 0.29) is 24.7 Å². The van der Waals surface area contributed by atoms with E-state index < -0.39 is 17.4 Å². The maximum atomic E-state index is 12.5. The fourth-order valence-electron chi connectivity index (χ4n) is 4.06. The van der Waals surface area contributed by atoms with Crippen molar-refractivity contribution >= 4 is 29.4 Å². The molecule has 1 aromatic rings. The second-order valence-corrected chi connectivity index (χ2v) is 7.28. The molecule has 2 amide bonds. The summed E-state index contributed by atoms with van der Waals surface area (Å²) in [5, 5.41) is 10.1.